The van der Waals surface area contributed by atoms with Gasteiger partial charge in [0.2, 0.25) is 0 Å². The number of carbonyl (C=O) groups is 1. The summed E-state index contributed by atoms with van der Waals surface area (Å²) in [5.41, 5.74) is 5.40. The highest BCUT2D eigenvalue weighted by Gasteiger charge is 2.21. The Bertz CT molecular complexity index is 421. The summed E-state index contributed by atoms with van der Waals surface area (Å²) in [6.07, 6.45) is 8.44. The van der Waals surface area contributed by atoms with E-state index in [4.69, 9.17) is 21.6 Å². The molecule has 144 valence electrons. The number of ether oxygens (including phenoxy) is 2. The normalized spacial score (nSPS) is 16.4. The number of carbonyl (C=O) groups excluding carboxylic acids is 1. The number of hydrogen-bond acceptors (Lipinski definition) is 5. The largest absolute Gasteiger partial charge is 0.444 e. The van der Waals surface area contributed by atoms with Crippen molar-refractivity contribution < 1.29 is 14.3 Å². The number of amides is 1. The maximum Gasteiger partial charge on any atom is 0.410 e. The molecular formula is C19H35N3O3. The first kappa shape index (κ1) is 21.8. The van der Waals surface area contributed by atoms with Crippen LogP contribution in [0.25, 0.3) is 0 Å². The van der Waals surface area contributed by atoms with Gasteiger partial charge in [0.25, 0.3) is 0 Å². The van der Waals surface area contributed by atoms with Crippen LogP contribution in [0, 0.1) is 12.3 Å². The fraction of sp³-hybridized carbons (Fsp3) is 0.842. The summed E-state index contributed by atoms with van der Waals surface area (Å²) in [6, 6.07) is 0.360. The Balaban J connectivity index is 2.18. The molecule has 0 atom stereocenters. The average Bonchev–Trinajstić information content (AvgIpc) is 2.53. The summed E-state index contributed by atoms with van der Waals surface area (Å²) in [5, 5.41) is 0. The molecule has 1 rings (SSSR count). The minimum absolute atomic E-state index is 0.313. The molecule has 0 aromatic heterocycles. The number of likely N-dealkylation sites (tertiary alicyclic amines) is 1. The zero-order valence-electron chi connectivity index (χ0n) is 16.1. The summed E-state index contributed by atoms with van der Waals surface area (Å²) in [6.45, 7) is 11.1. The van der Waals surface area contributed by atoms with Gasteiger partial charge in [-0.3, -0.25) is 0 Å². The molecule has 0 aliphatic carbocycles. The topological polar surface area (TPSA) is 68.0 Å². The highest BCUT2D eigenvalue weighted by Crippen LogP contribution is 2.11. The molecular weight excluding hydrogens is 318 g/mol. The lowest BCUT2D eigenvalue weighted by molar-refractivity contribution is 0.0228. The Labute approximate surface area is 153 Å². The molecule has 1 fully saturated rings. The summed E-state index contributed by atoms with van der Waals surface area (Å²) in [5.74, 6) is 2.57. The highest BCUT2D eigenvalue weighted by atomic mass is 16.6. The van der Waals surface area contributed by atoms with Crippen LogP contribution in [-0.2, 0) is 9.47 Å². The van der Waals surface area contributed by atoms with Crippen molar-refractivity contribution in [2.75, 3.05) is 45.9 Å². The molecule has 1 heterocycles. The molecule has 1 saturated heterocycles. The van der Waals surface area contributed by atoms with Gasteiger partial charge < -0.3 is 25.0 Å². The Morgan fingerprint density at radius 1 is 1.28 bits per heavy atom. The summed E-state index contributed by atoms with van der Waals surface area (Å²) < 4.78 is 11.1. The van der Waals surface area contributed by atoms with Crippen molar-refractivity contribution >= 4 is 6.09 Å². The van der Waals surface area contributed by atoms with Crippen LogP contribution in [0.15, 0.2) is 0 Å². The van der Waals surface area contributed by atoms with E-state index >= 15 is 0 Å². The van der Waals surface area contributed by atoms with E-state index in [9.17, 15) is 4.79 Å². The van der Waals surface area contributed by atoms with Gasteiger partial charge >= 0.3 is 6.09 Å². The summed E-state index contributed by atoms with van der Waals surface area (Å²) in [7, 11) is 0. The second-order valence-electron chi connectivity index (χ2n) is 7.57. The minimum atomic E-state index is -0.501. The molecule has 0 spiro atoms. The Morgan fingerprint density at radius 3 is 2.56 bits per heavy atom. The van der Waals surface area contributed by atoms with E-state index in [0.717, 1.165) is 38.9 Å². The first-order chi connectivity index (χ1) is 11.8. The second kappa shape index (κ2) is 11.3. The molecule has 0 bridgehead atoms. The molecule has 1 amide bonds. The van der Waals surface area contributed by atoms with Crippen molar-refractivity contribution in [1.29, 1.82) is 0 Å². The van der Waals surface area contributed by atoms with Gasteiger partial charge in [0.15, 0.2) is 0 Å². The van der Waals surface area contributed by atoms with Crippen molar-refractivity contribution in [2.24, 2.45) is 5.73 Å². The number of rotatable bonds is 9. The molecule has 0 unspecified atom stereocenters. The van der Waals surface area contributed by atoms with Crippen LogP contribution < -0.4 is 5.73 Å². The number of nitrogens with two attached hydrogens (primary N) is 1. The number of nitrogens with zero attached hydrogens (tertiary/aromatic N) is 2. The number of piperidine rings is 1. The molecule has 1 aliphatic rings. The van der Waals surface area contributed by atoms with Crippen LogP contribution >= 0.6 is 0 Å². The molecule has 25 heavy (non-hydrogen) atoms. The Morgan fingerprint density at radius 2 is 1.96 bits per heavy atom. The molecule has 0 aromatic carbocycles. The van der Waals surface area contributed by atoms with Crippen LogP contribution in [0.2, 0.25) is 0 Å². The standard InChI is InChI=1S/C19H35N3O3/c1-5-6-10-22(18(23)25-19(2,3)4)11-7-15-24-16-14-21-12-8-17(20)9-13-21/h1,17H,6-16,20H2,2-4H3. The third kappa shape index (κ3) is 10.3. The van der Waals surface area contributed by atoms with E-state index in [0.29, 0.717) is 38.8 Å². The monoisotopic (exact) mass is 353 g/mol. The van der Waals surface area contributed by atoms with E-state index < -0.39 is 5.60 Å². The van der Waals surface area contributed by atoms with Gasteiger partial charge in [0.05, 0.1) is 6.61 Å². The first-order valence-corrected chi connectivity index (χ1v) is 9.29. The zero-order chi connectivity index (χ0) is 18.7. The third-order valence-electron chi connectivity index (χ3n) is 4.08. The minimum Gasteiger partial charge on any atom is -0.444 e. The highest BCUT2D eigenvalue weighted by molar-refractivity contribution is 5.68. The van der Waals surface area contributed by atoms with Crippen molar-refractivity contribution in [3.63, 3.8) is 0 Å². The predicted octanol–water partition coefficient (Wildman–Crippen LogP) is 2.08. The van der Waals surface area contributed by atoms with Gasteiger partial charge in [0, 0.05) is 38.7 Å². The average molecular weight is 354 g/mol. The van der Waals surface area contributed by atoms with Crippen molar-refractivity contribution in [3.05, 3.63) is 0 Å². The van der Waals surface area contributed by atoms with E-state index in [1.807, 2.05) is 20.8 Å². The maximum atomic E-state index is 12.2. The molecule has 6 nitrogen and oxygen atoms in total. The molecule has 0 aromatic rings. The lowest BCUT2D eigenvalue weighted by Gasteiger charge is -2.29. The third-order valence-corrected chi connectivity index (χ3v) is 4.08. The van der Waals surface area contributed by atoms with Crippen LogP contribution in [0.1, 0.15) is 46.5 Å². The maximum absolute atomic E-state index is 12.2. The summed E-state index contributed by atoms with van der Waals surface area (Å²) >= 11 is 0. The first-order valence-electron chi connectivity index (χ1n) is 9.29. The molecule has 1 aliphatic heterocycles. The Hall–Kier alpha value is -1.29. The SMILES string of the molecule is C#CCCN(CCCOCCN1CCC(N)CC1)C(=O)OC(C)(C)C. The molecule has 6 heteroatoms. The second-order valence-corrected chi connectivity index (χ2v) is 7.57. The number of hydrogen-bond donors (Lipinski definition) is 1. The molecule has 0 saturated carbocycles. The van der Waals surface area contributed by atoms with Crippen molar-refractivity contribution in [2.45, 2.75) is 58.1 Å². The van der Waals surface area contributed by atoms with E-state index in [1.54, 1.807) is 4.90 Å². The van der Waals surface area contributed by atoms with Crippen LogP contribution in [-0.4, -0.2) is 73.5 Å². The molecule has 2 N–H and O–H groups in total. The predicted molar refractivity (Wildman–Crippen MR) is 100 cm³/mol. The fourth-order valence-electron chi connectivity index (χ4n) is 2.65. The Kier molecular flexibility index (Phi) is 9.88. The molecule has 0 radical (unpaired) electrons. The van der Waals surface area contributed by atoms with Gasteiger partial charge in [-0.15, -0.1) is 12.3 Å². The number of terminal acetylenes is 1. The van der Waals surface area contributed by atoms with Gasteiger partial charge in [-0.2, -0.15) is 0 Å². The van der Waals surface area contributed by atoms with Crippen LogP contribution in [0.3, 0.4) is 0 Å². The van der Waals surface area contributed by atoms with E-state index in [-0.39, 0.29) is 6.09 Å². The van der Waals surface area contributed by atoms with E-state index in [2.05, 4.69) is 10.8 Å². The van der Waals surface area contributed by atoms with Crippen LogP contribution in [0.5, 0.6) is 0 Å². The van der Waals surface area contributed by atoms with Crippen molar-refractivity contribution in [3.8, 4) is 12.3 Å². The van der Waals surface area contributed by atoms with Gasteiger partial charge in [-0.05, 0) is 53.1 Å². The van der Waals surface area contributed by atoms with Gasteiger partial charge in [0.1, 0.15) is 5.60 Å². The summed E-state index contributed by atoms with van der Waals surface area (Å²) in [4.78, 5) is 16.3. The van der Waals surface area contributed by atoms with Gasteiger partial charge in [-0.25, -0.2) is 4.79 Å². The van der Waals surface area contributed by atoms with E-state index in [1.165, 1.54) is 0 Å². The quantitative estimate of drug-likeness (QED) is 0.508. The van der Waals surface area contributed by atoms with Gasteiger partial charge in [-0.1, -0.05) is 0 Å². The van der Waals surface area contributed by atoms with Crippen LogP contribution in [0.4, 0.5) is 4.79 Å². The fourth-order valence-corrected chi connectivity index (χ4v) is 2.65. The lowest BCUT2D eigenvalue weighted by atomic mass is 10.1. The smallest absolute Gasteiger partial charge is 0.410 e. The lowest BCUT2D eigenvalue weighted by Crippen LogP contribution is -2.41. The zero-order valence-corrected chi connectivity index (χ0v) is 16.1. The van der Waals surface area contributed by atoms with Crippen molar-refractivity contribution in [1.82, 2.24) is 9.80 Å².